The summed E-state index contributed by atoms with van der Waals surface area (Å²) < 4.78 is 22.7. The minimum absolute atomic E-state index is 0.214. The molecule has 172 valence electrons. The van der Waals surface area contributed by atoms with Gasteiger partial charge < -0.3 is 29.6 Å². The molecular formula is C23H35N3O5. The van der Waals surface area contributed by atoms with E-state index in [1.807, 2.05) is 18.2 Å². The fourth-order valence-electron chi connectivity index (χ4n) is 4.76. The number of morpholine rings is 1. The van der Waals surface area contributed by atoms with E-state index in [-0.39, 0.29) is 18.2 Å². The molecule has 0 radical (unpaired) electrons. The monoisotopic (exact) mass is 433 g/mol. The third kappa shape index (κ3) is 6.02. The number of benzene rings is 1. The minimum Gasteiger partial charge on any atom is -0.493 e. The van der Waals surface area contributed by atoms with E-state index in [0.29, 0.717) is 29.6 Å². The van der Waals surface area contributed by atoms with Crippen LogP contribution in [0.5, 0.6) is 11.5 Å². The summed E-state index contributed by atoms with van der Waals surface area (Å²) in [4.78, 5) is 15.1. The summed E-state index contributed by atoms with van der Waals surface area (Å²) in [5.74, 6) is 1.80. The molecule has 1 aliphatic carbocycles. The summed E-state index contributed by atoms with van der Waals surface area (Å²) in [5, 5.41) is 6.01. The zero-order valence-corrected chi connectivity index (χ0v) is 18.4. The molecule has 8 nitrogen and oxygen atoms in total. The molecule has 0 aromatic heterocycles. The second-order valence-corrected chi connectivity index (χ2v) is 8.56. The highest BCUT2D eigenvalue weighted by molar-refractivity contribution is 5.89. The number of nitrogens with zero attached hydrogens (tertiary/aromatic N) is 1. The van der Waals surface area contributed by atoms with Gasteiger partial charge in [-0.2, -0.15) is 0 Å². The van der Waals surface area contributed by atoms with Gasteiger partial charge in [-0.3, -0.25) is 4.90 Å². The van der Waals surface area contributed by atoms with Crippen molar-refractivity contribution in [2.45, 2.75) is 44.2 Å². The summed E-state index contributed by atoms with van der Waals surface area (Å²) in [6, 6.07) is 5.57. The van der Waals surface area contributed by atoms with Gasteiger partial charge in [-0.1, -0.05) is 0 Å². The Morgan fingerprint density at radius 2 is 1.94 bits per heavy atom. The van der Waals surface area contributed by atoms with Gasteiger partial charge in [0.15, 0.2) is 11.5 Å². The van der Waals surface area contributed by atoms with Gasteiger partial charge >= 0.3 is 6.03 Å². The van der Waals surface area contributed by atoms with Gasteiger partial charge in [0.05, 0.1) is 33.0 Å². The van der Waals surface area contributed by atoms with Gasteiger partial charge in [0.25, 0.3) is 0 Å². The van der Waals surface area contributed by atoms with Gasteiger partial charge in [0.1, 0.15) is 0 Å². The van der Waals surface area contributed by atoms with Crippen LogP contribution in [0.4, 0.5) is 10.5 Å². The number of carbonyl (C=O) groups is 1. The van der Waals surface area contributed by atoms with Crippen LogP contribution in [0.15, 0.2) is 18.2 Å². The van der Waals surface area contributed by atoms with E-state index in [1.54, 1.807) is 7.11 Å². The number of ether oxygens (including phenoxy) is 4. The maximum atomic E-state index is 12.7. The molecule has 0 spiro atoms. The van der Waals surface area contributed by atoms with Crippen molar-refractivity contribution in [2.75, 3.05) is 58.5 Å². The Bertz CT molecular complexity index is 713. The van der Waals surface area contributed by atoms with E-state index in [4.69, 9.17) is 18.9 Å². The maximum Gasteiger partial charge on any atom is 0.319 e. The van der Waals surface area contributed by atoms with E-state index in [0.717, 1.165) is 58.8 Å². The molecule has 2 N–H and O–H groups in total. The normalized spacial score (nSPS) is 23.5. The predicted molar refractivity (Wildman–Crippen MR) is 118 cm³/mol. The molecule has 2 saturated heterocycles. The molecule has 2 atom stereocenters. The van der Waals surface area contributed by atoms with E-state index in [1.165, 1.54) is 12.8 Å². The fraction of sp³-hybridized carbons (Fsp3) is 0.696. The lowest BCUT2D eigenvalue weighted by atomic mass is 9.97. The first-order valence-corrected chi connectivity index (χ1v) is 11.5. The van der Waals surface area contributed by atoms with Crippen molar-refractivity contribution in [1.29, 1.82) is 0 Å². The second kappa shape index (κ2) is 11.0. The Morgan fingerprint density at radius 1 is 1.13 bits per heavy atom. The number of hydrogen-bond donors (Lipinski definition) is 2. The Hall–Kier alpha value is -2.03. The highest BCUT2D eigenvalue weighted by Crippen LogP contribution is 2.34. The Kier molecular flexibility index (Phi) is 7.88. The fourth-order valence-corrected chi connectivity index (χ4v) is 4.76. The molecular weight excluding hydrogens is 398 g/mol. The molecule has 8 heteroatoms. The molecule has 0 bridgehead atoms. The summed E-state index contributed by atoms with van der Waals surface area (Å²) in [6.45, 7) is 5.41. The first-order valence-electron chi connectivity index (χ1n) is 11.5. The average molecular weight is 434 g/mol. The second-order valence-electron chi connectivity index (χ2n) is 8.56. The summed E-state index contributed by atoms with van der Waals surface area (Å²) in [5.41, 5.74) is 0.693. The Labute approximate surface area is 184 Å². The lowest BCUT2D eigenvalue weighted by Gasteiger charge is -2.37. The molecule has 2 heterocycles. The molecule has 2 unspecified atom stereocenters. The number of nitrogens with one attached hydrogen (secondary N) is 2. The van der Waals surface area contributed by atoms with Crippen molar-refractivity contribution in [1.82, 2.24) is 10.2 Å². The number of hydrogen-bond acceptors (Lipinski definition) is 6. The first-order chi connectivity index (χ1) is 15.2. The van der Waals surface area contributed by atoms with E-state index >= 15 is 0 Å². The largest absolute Gasteiger partial charge is 0.493 e. The van der Waals surface area contributed by atoms with Crippen LogP contribution in [0.25, 0.3) is 0 Å². The smallest absolute Gasteiger partial charge is 0.319 e. The van der Waals surface area contributed by atoms with Crippen molar-refractivity contribution in [3.8, 4) is 11.5 Å². The van der Waals surface area contributed by atoms with Crippen LogP contribution in [-0.4, -0.2) is 76.2 Å². The van der Waals surface area contributed by atoms with Crippen LogP contribution in [0.3, 0.4) is 0 Å². The van der Waals surface area contributed by atoms with Gasteiger partial charge in [-0.05, 0) is 44.2 Å². The highest BCUT2D eigenvalue weighted by atomic mass is 16.5. The van der Waals surface area contributed by atoms with Gasteiger partial charge in [0.2, 0.25) is 0 Å². The SMILES string of the molecule is COc1ccc(NC(=O)NCC(C2CCOC2)N2CCOCC2)cc1OC1CCCC1. The number of rotatable bonds is 8. The molecule has 4 rings (SSSR count). The molecule has 3 aliphatic rings. The number of urea groups is 1. The van der Waals surface area contributed by atoms with E-state index < -0.39 is 0 Å². The van der Waals surface area contributed by atoms with Crippen LogP contribution in [-0.2, 0) is 9.47 Å². The molecule has 3 fully saturated rings. The first kappa shape index (κ1) is 22.2. The lowest BCUT2D eigenvalue weighted by Crippen LogP contribution is -2.52. The molecule has 1 aromatic rings. The topological polar surface area (TPSA) is 81.3 Å². The van der Waals surface area contributed by atoms with E-state index in [9.17, 15) is 4.79 Å². The number of anilines is 1. The average Bonchev–Trinajstić information content (AvgIpc) is 3.50. The molecule has 31 heavy (non-hydrogen) atoms. The maximum absolute atomic E-state index is 12.7. The summed E-state index contributed by atoms with van der Waals surface area (Å²) in [7, 11) is 1.63. The predicted octanol–water partition coefficient (Wildman–Crippen LogP) is 2.88. The van der Waals surface area contributed by atoms with Crippen molar-refractivity contribution in [3.05, 3.63) is 18.2 Å². The number of carbonyl (C=O) groups excluding carboxylic acids is 1. The molecule has 2 amide bonds. The van der Waals surface area contributed by atoms with Crippen molar-refractivity contribution in [2.24, 2.45) is 5.92 Å². The van der Waals surface area contributed by atoms with Gasteiger partial charge in [-0.25, -0.2) is 4.79 Å². The van der Waals surface area contributed by atoms with Crippen LogP contribution in [0.1, 0.15) is 32.1 Å². The third-order valence-electron chi connectivity index (χ3n) is 6.51. The highest BCUT2D eigenvalue weighted by Gasteiger charge is 2.31. The zero-order chi connectivity index (χ0) is 21.5. The van der Waals surface area contributed by atoms with Crippen LogP contribution in [0, 0.1) is 5.92 Å². The van der Waals surface area contributed by atoms with Crippen molar-refractivity contribution in [3.63, 3.8) is 0 Å². The minimum atomic E-state index is -0.214. The Balaban J connectivity index is 1.34. The van der Waals surface area contributed by atoms with Crippen LogP contribution in [0.2, 0.25) is 0 Å². The molecule has 2 aliphatic heterocycles. The third-order valence-corrected chi connectivity index (χ3v) is 6.51. The number of amides is 2. The summed E-state index contributed by atoms with van der Waals surface area (Å²) in [6.07, 6.45) is 5.78. The molecule has 1 aromatic carbocycles. The number of methoxy groups -OCH3 is 1. The van der Waals surface area contributed by atoms with Crippen LogP contribution < -0.4 is 20.1 Å². The summed E-state index contributed by atoms with van der Waals surface area (Å²) >= 11 is 0. The quantitative estimate of drug-likeness (QED) is 0.656. The zero-order valence-electron chi connectivity index (χ0n) is 18.4. The Morgan fingerprint density at radius 3 is 2.65 bits per heavy atom. The van der Waals surface area contributed by atoms with Crippen molar-refractivity contribution >= 4 is 11.7 Å². The lowest BCUT2D eigenvalue weighted by molar-refractivity contribution is 0.00222. The van der Waals surface area contributed by atoms with Gasteiger partial charge in [0, 0.05) is 50.0 Å². The van der Waals surface area contributed by atoms with Gasteiger partial charge in [-0.15, -0.1) is 0 Å². The standard InChI is InChI=1S/C23H35N3O5/c1-28-21-7-6-18(14-22(21)31-19-4-2-3-5-19)25-23(27)24-15-20(17-8-11-30-16-17)26-9-12-29-13-10-26/h6-7,14,17,19-20H,2-5,8-13,15-16H2,1H3,(H2,24,25,27). The van der Waals surface area contributed by atoms with E-state index in [2.05, 4.69) is 15.5 Å². The molecule has 1 saturated carbocycles. The van der Waals surface area contributed by atoms with Crippen LogP contribution >= 0.6 is 0 Å². The van der Waals surface area contributed by atoms with Crippen molar-refractivity contribution < 1.29 is 23.7 Å².